The molecule has 1 heterocycles. The number of nitrogens with one attached hydrogen (secondary N) is 1. The molecular weight excluding hydrogens is 361 g/mol. The van der Waals surface area contributed by atoms with Gasteiger partial charge < -0.3 is 5.32 Å². The van der Waals surface area contributed by atoms with E-state index < -0.39 is 0 Å². The molecule has 1 unspecified atom stereocenters. The second-order valence-corrected chi connectivity index (χ2v) is 6.38. The average molecular weight is 371 g/mol. The number of rotatable bonds is 2. The van der Waals surface area contributed by atoms with Gasteiger partial charge in [0.25, 0.3) is 0 Å². The number of benzene rings is 2. The molecule has 3 rings (SSSR count). The third-order valence-corrected chi connectivity index (χ3v) is 5.02. The SMILES string of the molecule is O=C1Cc2cc(C(Cl)c3ccc(Br)c(Cl)c3)ccc2N1. The zero-order valence-electron chi connectivity index (χ0n) is 10.3. The lowest BCUT2D eigenvalue weighted by molar-refractivity contribution is -0.115. The summed E-state index contributed by atoms with van der Waals surface area (Å²) in [4.78, 5) is 11.4. The number of alkyl halides is 1. The highest BCUT2D eigenvalue weighted by molar-refractivity contribution is 9.10. The first-order valence-corrected chi connectivity index (χ1v) is 7.67. The van der Waals surface area contributed by atoms with E-state index >= 15 is 0 Å². The number of carbonyl (C=O) groups is 1. The summed E-state index contributed by atoms with van der Waals surface area (Å²) in [6, 6.07) is 11.5. The molecule has 2 aromatic carbocycles. The van der Waals surface area contributed by atoms with Gasteiger partial charge in [-0.25, -0.2) is 0 Å². The second-order valence-electron chi connectivity index (χ2n) is 4.68. The van der Waals surface area contributed by atoms with Gasteiger partial charge >= 0.3 is 0 Å². The number of halogens is 3. The predicted octanol–water partition coefficient (Wildman–Crippen LogP) is 4.93. The van der Waals surface area contributed by atoms with Crippen LogP contribution in [0.1, 0.15) is 22.1 Å². The summed E-state index contributed by atoms with van der Waals surface area (Å²) in [6.45, 7) is 0. The molecule has 0 aliphatic carbocycles. The van der Waals surface area contributed by atoms with Crippen molar-refractivity contribution in [3.8, 4) is 0 Å². The normalized spacial score (nSPS) is 14.8. The van der Waals surface area contributed by atoms with Crippen LogP contribution in [0.25, 0.3) is 0 Å². The Hall–Kier alpha value is -1.03. The van der Waals surface area contributed by atoms with Gasteiger partial charge in [0.05, 0.1) is 16.8 Å². The quantitative estimate of drug-likeness (QED) is 0.746. The van der Waals surface area contributed by atoms with Crippen molar-refractivity contribution in [3.05, 3.63) is 62.6 Å². The number of hydrogen-bond donors (Lipinski definition) is 1. The second kappa shape index (κ2) is 5.40. The van der Waals surface area contributed by atoms with E-state index in [1.807, 2.05) is 36.4 Å². The van der Waals surface area contributed by atoms with E-state index in [0.29, 0.717) is 11.4 Å². The van der Waals surface area contributed by atoms with Crippen molar-refractivity contribution < 1.29 is 4.79 Å². The van der Waals surface area contributed by atoms with E-state index in [1.165, 1.54) is 0 Å². The van der Waals surface area contributed by atoms with Gasteiger partial charge in [-0.2, -0.15) is 0 Å². The van der Waals surface area contributed by atoms with Gasteiger partial charge in [0.1, 0.15) is 0 Å². The van der Waals surface area contributed by atoms with Gasteiger partial charge in [-0.15, -0.1) is 11.6 Å². The van der Waals surface area contributed by atoms with E-state index in [0.717, 1.165) is 26.9 Å². The Kier molecular flexibility index (Phi) is 3.76. The van der Waals surface area contributed by atoms with Crippen LogP contribution in [0.15, 0.2) is 40.9 Å². The van der Waals surface area contributed by atoms with Crippen LogP contribution in [0, 0.1) is 0 Å². The molecule has 0 radical (unpaired) electrons. The van der Waals surface area contributed by atoms with Crippen LogP contribution in [0.2, 0.25) is 5.02 Å². The highest BCUT2D eigenvalue weighted by Gasteiger charge is 2.20. The van der Waals surface area contributed by atoms with Crippen LogP contribution in [-0.2, 0) is 11.2 Å². The molecule has 2 aromatic rings. The molecule has 0 aromatic heterocycles. The molecule has 5 heteroatoms. The van der Waals surface area contributed by atoms with Gasteiger partial charge in [-0.3, -0.25) is 4.79 Å². The first kappa shape index (κ1) is 13.9. The van der Waals surface area contributed by atoms with Crippen LogP contribution in [0.4, 0.5) is 5.69 Å². The Bertz CT molecular complexity index is 702. The van der Waals surface area contributed by atoms with Gasteiger partial charge in [-0.05, 0) is 50.8 Å². The smallest absolute Gasteiger partial charge is 0.228 e. The molecule has 0 saturated carbocycles. The molecule has 0 bridgehead atoms. The third kappa shape index (κ3) is 2.58. The largest absolute Gasteiger partial charge is 0.326 e. The Balaban J connectivity index is 1.94. The van der Waals surface area contributed by atoms with E-state index in [4.69, 9.17) is 23.2 Å². The molecule has 1 aliphatic heterocycles. The topological polar surface area (TPSA) is 29.1 Å². The van der Waals surface area contributed by atoms with Crippen molar-refractivity contribution in [1.29, 1.82) is 0 Å². The lowest BCUT2D eigenvalue weighted by Crippen LogP contribution is -2.03. The molecular formula is C15H10BrCl2NO. The minimum absolute atomic E-state index is 0.0231. The minimum atomic E-state index is -0.290. The molecule has 2 nitrogen and oxygen atoms in total. The first-order chi connectivity index (χ1) is 9.54. The predicted molar refractivity (Wildman–Crippen MR) is 85.6 cm³/mol. The molecule has 1 N–H and O–H groups in total. The van der Waals surface area contributed by atoms with E-state index in [2.05, 4.69) is 21.2 Å². The third-order valence-electron chi connectivity index (χ3n) is 3.28. The zero-order valence-corrected chi connectivity index (χ0v) is 13.4. The maximum absolute atomic E-state index is 11.4. The van der Waals surface area contributed by atoms with Crippen molar-refractivity contribution in [2.45, 2.75) is 11.8 Å². The van der Waals surface area contributed by atoms with E-state index in [-0.39, 0.29) is 11.3 Å². The zero-order chi connectivity index (χ0) is 14.3. The molecule has 1 aliphatic rings. The summed E-state index contributed by atoms with van der Waals surface area (Å²) in [5.41, 5.74) is 3.75. The maximum atomic E-state index is 11.4. The van der Waals surface area contributed by atoms with Crippen LogP contribution in [0.5, 0.6) is 0 Å². The average Bonchev–Trinajstić information content (AvgIpc) is 2.80. The summed E-state index contributed by atoms with van der Waals surface area (Å²) < 4.78 is 0.843. The van der Waals surface area contributed by atoms with Crippen LogP contribution < -0.4 is 5.32 Å². The van der Waals surface area contributed by atoms with Crippen molar-refractivity contribution in [1.82, 2.24) is 0 Å². The molecule has 1 amide bonds. The van der Waals surface area contributed by atoms with Crippen molar-refractivity contribution in [3.63, 3.8) is 0 Å². The van der Waals surface area contributed by atoms with Crippen LogP contribution in [0.3, 0.4) is 0 Å². The lowest BCUT2D eigenvalue weighted by Gasteiger charge is -2.12. The van der Waals surface area contributed by atoms with Crippen LogP contribution in [-0.4, -0.2) is 5.91 Å². The lowest BCUT2D eigenvalue weighted by atomic mass is 10.0. The standard InChI is InChI=1S/C15H10BrCl2NO/c16-11-3-1-9(6-12(11)17)15(18)8-2-4-13-10(5-8)7-14(20)19-13/h1-6,15H,7H2,(H,19,20). The van der Waals surface area contributed by atoms with Gasteiger partial charge in [0, 0.05) is 10.2 Å². The molecule has 1 atom stereocenters. The van der Waals surface area contributed by atoms with E-state index in [9.17, 15) is 4.79 Å². The first-order valence-electron chi connectivity index (χ1n) is 6.06. The number of fused-ring (bicyclic) bond motifs is 1. The van der Waals surface area contributed by atoms with Crippen molar-refractivity contribution >= 4 is 50.7 Å². The summed E-state index contributed by atoms with van der Waals surface area (Å²) in [6.07, 6.45) is 0.411. The minimum Gasteiger partial charge on any atom is -0.326 e. The fourth-order valence-corrected chi connectivity index (χ4v) is 2.98. The van der Waals surface area contributed by atoms with Crippen LogP contribution >= 0.6 is 39.1 Å². The van der Waals surface area contributed by atoms with Crippen molar-refractivity contribution in [2.75, 3.05) is 5.32 Å². The Morgan fingerprint density at radius 2 is 1.85 bits per heavy atom. The Morgan fingerprint density at radius 1 is 1.15 bits per heavy atom. The molecule has 102 valence electrons. The summed E-state index contributed by atoms with van der Waals surface area (Å²) >= 11 is 16.0. The maximum Gasteiger partial charge on any atom is 0.228 e. The van der Waals surface area contributed by atoms with E-state index in [1.54, 1.807) is 0 Å². The number of anilines is 1. The fourth-order valence-electron chi connectivity index (χ4n) is 2.27. The summed E-state index contributed by atoms with van der Waals surface area (Å²) in [5.74, 6) is 0.0231. The Labute approximate surface area is 135 Å². The van der Waals surface area contributed by atoms with Gasteiger partial charge in [-0.1, -0.05) is 29.8 Å². The number of amides is 1. The monoisotopic (exact) mass is 369 g/mol. The molecule has 0 saturated heterocycles. The fraction of sp³-hybridized carbons (Fsp3) is 0.133. The van der Waals surface area contributed by atoms with Gasteiger partial charge in [0.2, 0.25) is 5.91 Å². The highest BCUT2D eigenvalue weighted by atomic mass is 79.9. The molecule has 0 fully saturated rings. The Morgan fingerprint density at radius 3 is 2.60 bits per heavy atom. The number of hydrogen-bond acceptors (Lipinski definition) is 1. The molecule has 0 spiro atoms. The van der Waals surface area contributed by atoms with Gasteiger partial charge in [0.15, 0.2) is 0 Å². The highest BCUT2D eigenvalue weighted by Crippen LogP contribution is 2.35. The summed E-state index contributed by atoms with van der Waals surface area (Å²) in [7, 11) is 0. The molecule has 20 heavy (non-hydrogen) atoms. The number of carbonyl (C=O) groups excluding carboxylic acids is 1. The summed E-state index contributed by atoms with van der Waals surface area (Å²) in [5, 5.41) is 3.15. The van der Waals surface area contributed by atoms with Crippen molar-refractivity contribution in [2.24, 2.45) is 0 Å².